The molecule has 2 N–H and O–H groups in total. The van der Waals surface area contributed by atoms with Gasteiger partial charge in [0.05, 0.1) is 12.7 Å². The Kier molecular flexibility index (Phi) is 5.51. The molecule has 8 heteroatoms. The maximum Gasteiger partial charge on any atom is 0.255 e. The molecule has 1 aromatic carbocycles. The van der Waals surface area contributed by atoms with Crippen LogP contribution in [0.2, 0.25) is 0 Å². The van der Waals surface area contributed by atoms with Crippen LogP contribution in [0.15, 0.2) is 24.3 Å². The molecular formula is C18H22N4O3S. The largest absolute Gasteiger partial charge is 0.496 e. The van der Waals surface area contributed by atoms with E-state index in [4.69, 9.17) is 4.74 Å². The third-order valence-electron chi connectivity index (χ3n) is 4.18. The maximum atomic E-state index is 12.7. The molecule has 1 aromatic heterocycles. The molecule has 0 aliphatic heterocycles. The summed E-state index contributed by atoms with van der Waals surface area (Å²) < 4.78 is 5.22. The Balaban J connectivity index is 1.69. The fraction of sp³-hybridized carbons (Fsp3) is 0.444. The van der Waals surface area contributed by atoms with Crippen LogP contribution in [-0.4, -0.2) is 35.2 Å². The zero-order valence-corrected chi connectivity index (χ0v) is 15.8. The number of nitrogens with zero attached hydrogens (tertiary/aromatic N) is 2. The summed E-state index contributed by atoms with van der Waals surface area (Å²) in [6, 6.07) is 6.22. The van der Waals surface area contributed by atoms with Crippen molar-refractivity contribution in [3.63, 3.8) is 0 Å². The molecule has 1 atom stereocenters. The van der Waals surface area contributed by atoms with Crippen molar-refractivity contribution in [1.82, 2.24) is 15.5 Å². The highest BCUT2D eigenvalue weighted by Crippen LogP contribution is 2.42. The SMILES string of the molecule is COc1ccccc1C(=O)NC(C(=O)Nc1nnc(C2CC2)s1)C(C)C. The lowest BCUT2D eigenvalue weighted by Gasteiger charge is -2.21. The van der Waals surface area contributed by atoms with Crippen LogP contribution in [0.4, 0.5) is 5.13 Å². The average molecular weight is 374 g/mol. The first kappa shape index (κ1) is 18.3. The lowest BCUT2D eigenvalue weighted by molar-refractivity contribution is -0.118. The van der Waals surface area contributed by atoms with Gasteiger partial charge >= 0.3 is 0 Å². The van der Waals surface area contributed by atoms with Crippen molar-refractivity contribution in [3.8, 4) is 5.75 Å². The lowest BCUT2D eigenvalue weighted by Crippen LogP contribution is -2.47. The van der Waals surface area contributed by atoms with Gasteiger partial charge in [0.2, 0.25) is 11.0 Å². The zero-order valence-electron chi connectivity index (χ0n) is 15.0. The Hall–Kier alpha value is -2.48. The van der Waals surface area contributed by atoms with E-state index in [1.807, 2.05) is 13.8 Å². The van der Waals surface area contributed by atoms with Crippen molar-refractivity contribution in [3.05, 3.63) is 34.8 Å². The minimum Gasteiger partial charge on any atom is -0.496 e. The van der Waals surface area contributed by atoms with Crippen molar-refractivity contribution < 1.29 is 14.3 Å². The number of aromatic nitrogens is 2. The quantitative estimate of drug-likeness (QED) is 0.777. The highest BCUT2D eigenvalue weighted by atomic mass is 32.1. The molecule has 1 aliphatic rings. The first-order valence-corrected chi connectivity index (χ1v) is 9.39. The number of nitrogens with one attached hydrogen (secondary N) is 2. The van der Waals surface area contributed by atoms with Crippen LogP contribution in [0.3, 0.4) is 0 Å². The smallest absolute Gasteiger partial charge is 0.255 e. The average Bonchev–Trinajstić information content (AvgIpc) is 3.38. The third kappa shape index (κ3) is 4.19. The molecular weight excluding hydrogens is 352 g/mol. The summed E-state index contributed by atoms with van der Waals surface area (Å²) in [6.07, 6.45) is 2.26. The first-order valence-electron chi connectivity index (χ1n) is 8.57. The minimum atomic E-state index is -0.694. The van der Waals surface area contributed by atoms with Gasteiger partial charge in [-0.2, -0.15) is 0 Å². The number of carbonyl (C=O) groups is 2. The van der Waals surface area contributed by atoms with Gasteiger partial charge in [-0.3, -0.25) is 14.9 Å². The van der Waals surface area contributed by atoms with Gasteiger partial charge in [0.15, 0.2) is 0 Å². The van der Waals surface area contributed by atoms with Gasteiger partial charge in [-0.15, -0.1) is 10.2 Å². The molecule has 2 aromatic rings. The fourth-order valence-electron chi connectivity index (χ4n) is 2.55. The molecule has 1 saturated carbocycles. The van der Waals surface area contributed by atoms with Gasteiger partial charge in [0.1, 0.15) is 16.8 Å². The van der Waals surface area contributed by atoms with E-state index in [2.05, 4.69) is 20.8 Å². The topological polar surface area (TPSA) is 93.2 Å². The van der Waals surface area contributed by atoms with Crippen LogP contribution >= 0.6 is 11.3 Å². The number of para-hydroxylation sites is 1. The highest BCUT2D eigenvalue weighted by molar-refractivity contribution is 7.15. The second-order valence-corrected chi connectivity index (χ2v) is 7.61. The molecule has 0 saturated heterocycles. The van der Waals surface area contributed by atoms with Gasteiger partial charge in [0, 0.05) is 5.92 Å². The predicted molar refractivity (Wildman–Crippen MR) is 99.6 cm³/mol. The van der Waals surface area contributed by atoms with Crippen LogP contribution in [0, 0.1) is 5.92 Å². The summed E-state index contributed by atoms with van der Waals surface area (Å²) in [4.78, 5) is 25.3. The molecule has 138 valence electrons. The Morgan fingerprint density at radius 3 is 2.62 bits per heavy atom. The van der Waals surface area contributed by atoms with Crippen LogP contribution in [-0.2, 0) is 4.79 Å². The second kappa shape index (κ2) is 7.82. The summed E-state index contributed by atoms with van der Waals surface area (Å²) in [5, 5.41) is 15.1. The van der Waals surface area contributed by atoms with Crippen molar-refractivity contribution in [2.24, 2.45) is 5.92 Å². The molecule has 3 rings (SSSR count). The van der Waals surface area contributed by atoms with E-state index in [0.29, 0.717) is 22.4 Å². The lowest BCUT2D eigenvalue weighted by atomic mass is 10.0. The molecule has 2 amide bonds. The van der Waals surface area contributed by atoms with E-state index in [9.17, 15) is 9.59 Å². The van der Waals surface area contributed by atoms with E-state index in [1.54, 1.807) is 24.3 Å². The number of anilines is 1. The number of carbonyl (C=O) groups excluding carboxylic acids is 2. The highest BCUT2D eigenvalue weighted by Gasteiger charge is 2.29. The van der Waals surface area contributed by atoms with Gasteiger partial charge in [-0.1, -0.05) is 37.3 Å². The standard InChI is InChI=1S/C18H22N4O3S/c1-10(2)14(19-15(23)12-6-4-5-7-13(12)25-3)16(24)20-18-22-21-17(26-18)11-8-9-11/h4-7,10-11,14H,8-9H2,1-3H3,(H,19,23)(H,20,22,24). The monoisotopic (exact) mass is 374 g/mol. The van der Waals surface area contributed by atoms with Crippen molar-refractivity contribution >= 4 is 28.3 Å². The maximum absolute atomic E-state index is 12.7. The van der Waals surface area contributed by atoms with Gasteiger partial charge < -0.3 is 10.1 Å². The molecule has 7 nitrogen and oxygen atoms in total. The number of rotatable bonds is 7. The fourth-order valence-corrected chi connectivity index (χ4v) is 3.47. The molecule has 0 spiro atoms. The van der Waals surface area contributed by atoms with Gasteiger partial charge in [0.25, 0.3) is 5.91 Å². The first-order chi connectivity index (χ1) is 12.5. The predicted octanol–water partition coefficient (Wildman–Crippen LogP) is 2.82. The number of benzene rings is 1. The van der Waals surface area contributed by atoms with Crippen molar-refractivity contribution in [1.29, 1.82) is 0 Å². The van der Waals surface area contributed by atoms with E-state index < -0.39 is 6.04 Å². The molecule has 1 heterocycles. The van der Waals surface area contributed by atoms with E-state index in [0.717, 1.165) is 17.8 Å². The van der Waals surface area contributed by atoms with E-state index in [1.165, 1.54) is 18.4 Å². The normalized spacial score (nSPS) is 14.8. The van der Waals surface area contributed by atoms with Crippen molar-refractivity contribution in [2.75, 3.05) is 12.4 Å². The molecule has 26 heavy (non-hydrogen) atoms. The summed E-state index contributed by atoms with van der Waals surface area (Å²) in [7, 11) is 1.51. The van der Waals surface area contributed by atoms with Crippen LogP contribution < -0.4 is 15.4 Å². The van der Waals surface area contributed by atoms with Gasteiger partial charge in [-0.05, 0) is 30.9 Å². The molecule has 1 unspecified atom stereocenters. The van der Waals surface area contributed by atoms with Crippen LogP contribution in [0.25, 0.3) is 0 Å². The molecule has 1 fully saturated rings. The molecule has 1 aliphatic carbocycles. The third-order valence-corrected chi connectivity index (χ3v) is 5.19. The van der Waals surface area contributed by atoms with Crippen molar-refractivity contribution in [2.45, 2.75) is 38.6 Å². The molecule has 0 bridgehead atoms. The van der Waals surface area contributed by atoms with E-state index >= 15 is 0 Å². The Morgan fingerprint density at radius 1 is 1.23 bits per heavy atom. The second-order valence-electron chi connectivity index (χ2n) is 6.60. The summed E-state index contributed by atoms with van der Waals surface area (Å²) in [5.74, 6) is 0.203. The Bertz CT molecular complexity index is 801. The Morgan fingerprint density at radius 2 is 1.96 bits per heavy atom. The number of hydrogen-bond acceptors (Lipinski definition) is 6. The van der Waals surface area contributed by atoms with E-state index in [-0.39, 0.29) is 17.7 Å². The summed E-state index contributed by atoms with van der Waals surface area (Å²) in [5.41, 5.74) is 0.389. The number of amides is 2. The number of ether oxygens (including phenoxy) is 1. The van der Waals surface area contributed by atoms with Gasteiger partial charge in [-0.25, -0.2) is 0 Å². The van der Waals surface area contributed by atoms with Crippen LogP contribution in [0.5, 0.6) is 5.75 Å². The molecule has 0 radical (unpaired) electrons. The Labute approximate surface area is 156 Å². The number of hydrogen-bond donors (Lipinski definition) is 2. The summed E-state index contributed by atoms with van der Waals surface area (Å²) >= 11 is 1.40. The summed E-state index contributed by atoms with van der Waals surface area (Å²) in [6.45, 7) is 3.75. The number of methoxy groups -OCH3 is 1. The van der Waals surface area contributed by atoms with Crippen LogP contribution in [0.1, 0.15) is 48.0 Å². The zero-order chi connectivity index (χ0) is 18.7. The minimum absolute atomic E-state index is 0.0931.